The number of aromatic nitrogens is 1. The zero-order valence-electron chi connectivity index (χ0n) is 10.7. The lowest BCUT2D eigenvalue weighted by atomic mass is 10.3. The third kappa shape index (κ3) is 3.94. The first kappa shape index (κ1) is 12.8. The van der Waals surface area contributed by atoms with Crippen molar-refractivity contribution in [2.24, 2.45) is 0 Å². The van der Waals surface area contributed by atoms with Crippen LogP contribution in [0.3, 0.4) is 0 Å². The van der Waals surface area contributed by atoms with Crippen molar-refractivity contribution in [2.75, 3.05) is 44.7 Å². The highest BCUT2D eigenvalue weighted by atomic mass is 32.1. The van der Waals surface area contributed by atoms with E-state index in [2.05, 4.69) is 29.0 Å². The van der Waals surface area contributed by atoms with E-state index in [1.807, 2.05) is 0 Å². The van der Waals surface area contributed by atoms with Crippen molar-refractivity contribution < 1.29 is 4.74 Å². The fourth-order valence-electron chi connectivity index (χ4n) is 1.87. The summed E-state index contributed by atoms with van der Waals surface area (Å²) in [6.07, 6.45) is 1.16. The lowest BCUT2D eigenvalue weighted by Crippen LogP contribution is -2.37. The fraction of sp³-hybridized carbons (Fsp3) is 0.750. The molecule has 0 atom stereocenters. The van der Waals surface area contributed by atoms with Crippen molar-refractivity contribution in [1.29, 1.82) is 0 Å². The average molecular weight is 255 g/mol. The summed E-state index contributed by atoms with van der Waals surface area (Å²) >= 11 is 1.74. The lowest BCUT2D eigenvalue weighted by Gasteiger charge is -2.26. The van der Waals surface area contributed by atoms with Crippen LogP contribution >= 0.6 is 11.3 Å². The molecule has 1 aliphatic heterocycles. The van der Waals surface area contributed by atoms with Crippen LogP contribution in [0.2, 0.25) is 0 Å². The number of rotatable bonds is 5. The van der Waals surface area contributed by atoms with Gasteiger partial charge in [-0.25, -0.2) is 4.98 Å². The SMILES string of the molecule is Cc1nc(NCCCN2CCOCC2)sc1C. The molecule has 17 heavy (non-hydrogen) atoms. The zero-order chi connectivity index (χ0) is 12.1. The number of thiazole rings is 1. The number of hydrogen-bond donors (Lipinski definition) is 1. The van der Waals surface area contributed by atoms with Gasteiger partial charge in [0, 0.05) is 24.5 Å². The molecule has 0 unspecified atom stereocenters. The van der Waals surface area contributed by atoms with Gasteiger partial charge in [-0.3, -0.25) is 4.90 Å². The molecule has 0 amide bonds. The Hall–Kier alpha value is -0.650. The molecule has 1 aromatic rings. The Morgan fingerprint density at radius 1 is 1.35 bits per heavy atom. The summed E-state index contributed by atoms with van der Waals surface area (Å²) in [5.74, 6) is 0. The highest BCUT2D eigenvalue weighted by Crippen LogP contribution is 2.20. The first-order chi connectivity index (χ1) is 8.25. The highest BCUT2D eigenvalue weighted by molar-refractivity contribution is 7.15. The second kappa shape index (κ2) is 6.33. The summed E-state index contributed by atoms with van der Waals surface area (Å²) in [7, 11) is 0. The molecule has 1 N–H and O–H groups in total. The summed E-state index contributed by atoms with van der Waals surface area (Å²) in [5.41, 5.74) is 1.14. The van der Waals surface area contributed by atoms with Crippen LogP contribution in [-0.4, -0.2) is 49.3 Å². The zero-order valence-corrected chi connectivity index (χ0v) is 11.5. The molecule has 0 bridgehead atoms. The molecule has 1 fully saturated rings. The number of nitrogens with one attached hydrogen (secondary N) is 1. The quantitative estimate of drug-likeness (QED) is 0.815. The summed E-state index contributed by atoms with van der Waals surface area (Å²) in [6.45, 7) is 10.3. The van der Waals surface area contributed by atoms with Gasteiger partial charge in [-0.05, 0) is 26.8 Å². The second-order valence-electron chi connectivity index (χ2n) is 4.39. The maximum Gasteiger partial charge on any atom is 0.183 e. The Kier molecular flexibility index (Phi) is 4.76. The Morgan fingerprint density at radius 3 is 2.76 bits per heavy atom. The maximum atomic E-state index is 5.33. The Morgan fingerprint density at radius 2 is 2.12 bits per heavy atom. The second-order valence-corrected chi connectivity index (χ2v) is 5.60. The van der Waals surface area contributed by atoms with Crippen LogP contribution in [0.25, 0.3) is 0 Å². The third-order valence-electron chi connectivity index (χ3n) is 3.06. The van der Waals surface area contributed by atoms with E-state index in [1.165, 1.54) is 4.88 Å². The van der Waals surface area contributed by atoms with Gasteiger partial charge in [-0.1, -0.05) is 0 Å². The molecular weight excluding hydrogens is 234 g/mol. The van der Waals surface area contributed by atoms with E-state index in [1.54, 1.807) is 11.3 Å². The summed E-state index contributed by atoms with van der Waals surface area (Å²) in [4.78, 5) is 8.24. The molecule has 5 heteroatoms. The predicted octanol–water partition coefficient (Wildman–Crippen LogP) is 1.89. The first-order valence-electron chi connectivity index (χ1n) is 6.24. The van der Waals surface area contributed by atoms with Crippen LogP contribution < -0.4 is 5.32 Å². The molecule has 0 aliphatic carbocycles. The third-order valence-corrected chi connectivity index (χ3v) is 4.09. The smallest absolute Gasteiger partial charge is 0.183 e. The summed E-state index contributed by atoms with van der Waals surface area (Å²) in [5, 5.41) is 4.45. The fourth-order valence-corrected chi connectivity index (χ4v) is 2.71. The number of morpholine rings is 1. The van der Waals surface area contributed by atoms with Crippen molar-refractivity contribution >= 4 is 16.5 Å². The maximum absolute atomic E-state index is 5.33. The van der Waals surface area contributed by atoms with E-state index in [0.717, 1.165) is 56.6 Å². The number of nitrogens with zero attached hydrogens (tertiary/aromatic N) is 2. The van der Waals surface area contributed by atoms with E-state index in [0.29, 0.717) is 0 Å². The van der Waals surface area contributed by atoms with Crippen molar-refractivity contribution in [2.45, 2.75) is 20.3 Å². The largest absolute Gasteiger partial charge is 0.379 e. The van der Waals surface area contributed by atoms with Gasteiger partial charge in [0.1, 0.15) is 0 Å². The van der Waals surface area contributed by atoms with Gasteiger partial charge >= 0.3 is 0 Å². The monoisotopic (exact) mass is 255 g/mol. The molecule has 2 heterocycles. The van der Waals surface area contributed by atoms with Gasteiger partial charge in [-0.2, -0.15) is 0 Å². The van der Waals surface area contributed by atoms with E-state index < -0.39 is 0 Å². The van der Waals surface area contributed by atoms with E-state index in [-0.39, 0.29) is 0 Å². The van der Waals surface area contributed by atoms with Gasteiger partial charge in [0.25, 0.3) is 0 Å². The lowest BCUT2D eigenvalue weighted by molar-refractivity contribution is 0.0378. The number of hydrogen-bond acceptors (Lipinski definition) is 5. The molecule has 0 saturated carbocycles. The Bertz CT molecular complexity index is 328. The molecule has 1 aliphatic rings. The van der Waals surface area contributed by atoms with E-state index in [9.17, 15) is 0 Å². The molecule has 1 aromatic heterocycles. The van der Waals surface area contributed by atoms with Crippen LogP contribution in [-0.2, 0) is 4.74 Å². The molecule has 2 rings (SSSR count). The van der Waals surface area contributed by atoms with Crippen LogP contribution in [0.1, 0.15) is 17.0 Å². The van der Waals surface area contributed by atoms with Crippen LogP contribution in [0, 0.1) is 13.8 Å². The minimum atomic E-state index is 0.887. The van der Waals surface area contributed by atoms with Gasteiger partial charge in [0.05, 0.1) is 18.9 Å². The standard InChI is InChI=1S/C12H21N3OS/c1-10-11(2)17-12(14-10)13-4-3-5-15-6-8-16-9-7-15/h3-9H2,1-2H3,(H,13,14). The molecule has 4 nitrogen and oxygen atoms in total. The van der Waals surface area contributed by atoms with Crippen LogP contribution in [0.4, 0.5) is 5.13 Å². The number of ether oxygens (including phenoxy) is 1. The van der Waals surface area contributed by atoms with Crippen LogP contribution in [0.15, 0.2) is 0 Å². The molecule has 1 saturated heterocycles. The number of anilines is 1. The molecular formula is C12H21N3OS. The summed E-state index contributed by atoms with van der Waals surface area (Å²) < 4.78 is 5.33. The highest BCUT2D eigenvalue weighted by Gasteiger charge is 2.09. The average Bonchev–Trinajstić information content (AvgIpc) is 2.66. The Labute approximate surface area is 107 Å². The van der Waals surface area contributed by atoms with E-state index in [4.69, 9.17) is 4.74 Å². The van der Waals surface area contributed by atoms with Gasteiger partial charge in [0.15, 0.2) is 5.13 Å². The predicted molar refractivity (Wildman–Crippen MR) is 72.0 cm³/mol. The minimum Gasteiger partial charge on any atom is -0.379 e. The van der Waals surface area contributed by atoms with Gasteiger partial charge in [-0.15, -0.1) is 11.3 Å². The molecule has 0 aromatic carbocycles. The Balaban J connectivity index is 1.62. The van der Waals surface area contributed by atoms with Gasteiger partial charge < -0.3 is 10.1 Å². The minimum absolute atomic E-state index is 0.887. The van der Waals surface area contributed by atoms with Crippen molar-refractivity contribution in [3.63, 3.8) is 0 Å². The normalized spacial score (nSPS) is 17.3. The molecule has 96 valence electrons. The summed E-state index contributed by atoms with van der Waals surface area (Å²) in [6, 6.07) is 0. The van der Waals surface area contributed by atoms with E-state index >= 15 is 0 Å². The van der Waals surface area contributed by atoms with Gasteiger partial charge in [0.2, 0.25) is 0 Å². The molecule has 0 radical (unpaired) electrons. The number of aryl methyl sites for hydroxylation is 2. The van der Waals surface area contributed by atoms with Crippen LogP contribution in [0.5, 0.6) is 0 Å². The van der Waals surface area contributed by atoms with Crippen molar-refractivity contribution in [3.8, 4) is 0 Å². The topological polar surface area (TPSA) is 37.4 Å². The molecule has 0 spiro atoms. The van der Waals surface area contributed by atoms with Crippen molar-refractivity contribution in [1.82, 2.24) is 9.88 Å². The van der Waals surface area contributed by atoms with Crippen molar-refractivity contribution in [3.05, 3.63) is 10.6 Å². The first-order valence-corrected chi connectivity index (χ1v) is 7.05.